The van der Waals surface area contributed by atoms with Crippen LogP contribution in [0.3, 0.4) is 0 Å². The molecule has 0 atom stereocenters. The zero-order valence-corrected chi connectivity index (χ0v) is 9.40. The summed E-state index contributed by atoms with van der Waals surface area (Å²) in [6.45, 7) is 0. The highest BCUT2D eigenvalue weighted by molar-refractivity contribution is 7.86. The van der Waals surface area contributed by atoms with Gasteiger partial charge in [0, 0.05) is 0 Å². The van der Waals surface area contributed by atoms with Crippen molar-refractivity contribution in [3.05, 3.63) is 6.07 Å². The molecule has 0 bridgehead atoms. The van der Waals surface area contributed by atoms with E-state index in [1.165, 1.54) is 0 Å². The molecule has 11 heteroatoms. The summed E-state index contributed by atoms with van der Waals surface area (Å²) < 4.78 is 60.1. The van der Waals surface area contributed by atoms with Crippen molar-refractivity contribution in [3.8, 4) is 17.2 Å². The Morgan fingerprint density at radius 1 is 0.706 bits per heavy atom. The van der Waals surface area contributed by atoms with Crippen molar-refractivity contribution in [2.24, 2.45) is 0 Å². The number of phenols is 3. The minimum Gasteiger partial charge on any atom is -0.503 e. The van der Waals surface area contributed by atoms with Crippen LogP contribution < -0.4 is 0 Å². The summed E-state index contributed by atoms with van der Waals surface area (Å²) in [6, 6.07) is 0.0923. The summed E-state index contributed by atoms with van der Waals surface area (Å²) in [5.41, 5.74) is 0. The Bertz CT molecular complexity index is 614. The fraction of sp³-hybridized carbons (Fsp3) is 0. The van der Waals surface area contributed by atoms with Crippen molar-refractivity contribution in [2.45, 2.75) is 9.79 Å². The van der Waals surface area contributed by atoms with E-state index in [9.17, 15) is 16.8 Å². The Morgan fingerprint density at radius 3 is 1.24 bits per heavy atom. The van der Waals surface area contributed by atoms with Gasteiger partial charge in [0.1, 0.15) is 9.79 Å². The van der Waals surface area contributed by atoms with Gasteiger partial charge in [-0.2, -0.15) is 16.8 Å². The highest BCUT2D eigenvalue weighted by Gasteiger charge is 2.28. The minimum atomic E-state index is -5.05. The summed E-state index contributed by atoms with van der Waals surface area (Å²) in [5.74, 6) is -4.40. The van der Waals surface area contributed by atoms with Crippen molar-refractivity contribution in [2.75, 3.05) is 0 Å². The molecule has 0 heterocycles. The van der Waals surface area contributed by atoms with Crippen LogP contribution in [0.4, 0.5) is 0 Å². The predicted molar refractivity (Wildman–Crippen MR) is 51.1 cm³/mol. The summed E-state index contributed by atoms with van der Waals surface area (Å²) in [7, 11) is -10.1. The number of benzene rings is 1. The van der Waals surface area contributed by atoms with Gasteiger partial charge in [-0.25, -0.2) is 0 Å². The molecule has 9 nitrogen and oxygen atoms in total. The first-order chi connectivity index (χ1) is 7.46. The maximum atomic E-state index is 10.7. The lowest BCUT2D eigenvalue weighted by Crippen LogP contribution is -2.04. The number of rotatable bonds is 2. The van der Waals surface area contributed by atoms with Crippen LogP contribution in [0.5, 0.6) is 17.2 Å². The molecule has 0 fully saturated rings. The third-order valence-electron chi connectivity index (χ3n) is 1.73. The topological polar surface area (TPSA) is 169 Å². The molecule has 0 aliphatic rings. The van der Waals surface area contributed by atoms with Gasteiger partial charge in [-0.15, -0.1) is 0 Å². The minimum absolute atomic E-state index is 0.0923. The van der Waals surface area contributed by atoms with Crippen LogP contribution in [0.1, 0.15) is 0 Å². The second kappa shape index (κ2) is 3.73. The molecule has 0 saturated heterocycles. The van der Waals surface area contributed by atoms with E-state index < -0.39 is 47.3 Å². The zero-order chi connectivity index (χ0) is 13.6. The van der Waals surface area contributed by atoms with Crippen molar-refractivity contribution in [3.63, 3.8) is 0 Å². The average Bonchev–Trinajstić information content (AvgIpc) is 2.10. The highest BCUT2D eigenvalue weighted by Crippen LogP contribution is 2.43. The summed E-state index contributed by atoms with van der Waals surface area (Å²) in [5, 5.41) is 27.2. The third kappa shape index (κ3) is 2.41. The van der Waals surface area contributed by atoms with Crippen molar-refractivity contribution in [1.29, 1.82) is 0 Å². The van der Waals surface area contributed by atoms with Gasteiger partial charge in [0.2, 0.25) is 5.75 Å². The van der Waals surface area contributed by atoms with E-state index in [0.717, 1.165) is 0 Å². The van der Waals surface area contributed by atoms with Crippen LogP contribution >= 0.6 is 0 Å². The molecule has 1 aromatic carbocycles. The number of phenolic OH excluding ortho intramolecular Hbond substituents is 3. The molecule has 0 aromatic heterocycles. The number of hydrogen-bond acceptors (Lipinski definition) is 7. The van der Waals surface area contributed by atoms with Crippen LogP contribution in [0.15, 0.2) is 15.9 Å². The van der Waals surface area contributed by atoms with E-state index in [1.807, 2.05) is 0 Å². The summed E-state index contributed by atoms with van der Waals surface area (Å²) in [6.07, 6.45) is 0. The Morgan fingerprint density at radius 2 is 1.00 bits per heavy atom. The van der Waals surface area contributed by atoms with E-state index >= 15 is 0 Å². The van der Waals surface area contributed by atoms with Crippen LogP contribution in [-0.4, -0.2) is 41.3 Å². The molecule has 0 spiro atoms. The average molecular weight is 286 g/mol. The Balaban J connectivity index is 3.88. The maximum Gasteiger partial charge on any atom is 0.298 e. The monoisotopic (exact) mass is 286 g/mol. The molecule has 1 aromatic rings. The Labute approximate surface area is 95.1 Å². The summed E-state index contributed by atoms with van der Waals surface area (Å²) in [4.78, 5) is -2.75. The molecule has 0 saturated carbocycles. The Hall–Kier alpha value is -1.56. The standard InChI is InChI=1S/C6H6O9S2/c7-4-2(16(10,11)12)1-3(17(13,14)15)5(8)6(4)9/h1,7-9H,(H,10,11,12)(H,13,14,15). The van der Waals surface area contributed by atoms with E-state index in [2.05, 4.69) is 0 Å². The van der Waals surface area contributed by atoms with Crippen molar-refractivity contribution >= 4 is 20.2 Å². The normalized spacial score (nSPS) is 12.6. The predicted octanol–water partition coefficient (Wildman–Crippen LogP) is -0.703. The SMILES string of the molecule is O=S(=O)(O)c1cc(S(=O)(=O)O)c(O)c(O)c1O. The zero-order valence-electron chi connectivity index (χ0n) is 7.76. The van der Waals surface area contributed by atoms with Gasteiger partial charge in [-0.3, -0.25) is 9.11 Å². The van der Waals surface area contributed by atoms with Crippen molar-refractivity contribution in [1.82, 2.24) is 0 Å². The fourth-order valence-electron chi connectivity index (χ4n) is 0.995. The maximum absolute atomic E-state index is 10.7. The third-order valence-corrected chi connectivity index (χ3v) is 3.47. The molecule has 17 heavy (non-hydrogen) atoms. The van der Waals surface area contributed by atoms with Crippen LogP contribution in [0, 0.1) is 0 Å². The molecule has 96 valence electrons. The second-order valence-electron chi connectivity index (χ2n) is 2.87. The molecular weight excluding hydrogens is 280 g/mol. The first-order valence-electron chi connectivity index (χ1n) is 3.69. The number of hydrogen-bond donors (Lipinski definition) is 5. The quantitative estimate of drug-likeness (QED) is 0.348. The highest BCUT2D eigenvalue weighted by atomic mass is 32.2. The lowest BCUT2D eigenvalue weighted by molar-refractivity contribution is 0.349. The molecule has 0 amide bonds. The van der Waals surface area contributed by atoms with E-state index in [-0.39, 0.29) is 6.07 Å². The lowest BCUT2D eigenvalue weighted by Gasteiger charge is -2.08. The van der Waals surface area contributed by atoms with Gasteiger partial charge in [-0.1, -0.05) is 0 Å². The van der Waals surface area contributed by atoms with Crippen molar-refractivity contribution < 1.29 is 41.3 Å². The molecule has 5 N–H and O–H groups in total. The Kier molecular flexibility index (Phi) is 2.96. The van der Waals surface area contributed by atoms with E-state index in [4.69, 9.17) is 24.4 Å². The first-order valence-corrected chi connectivity index (χ1v) is 6.57. The lowest BCUT2D eigenvalue weighted by atomic mass is 10.3. The summed E-state index contributed by atoms with van der Waals surface area (Å²) >= 11 is 0. The van der Waals surface area contributed by atoms with Crippen LogP contribution in [0.25, 0.3) is 0 Å². The van der Waals surface area contributed by atoms with Gasteiger partial charge in [0.15, 0.2) is 11.5 Å². The van der Waals surface area contributed by atoms with E-state index in [1.54, 1.807) is 0 Å². The largest absolute Gasteiger partial charge is 0.503 e. The molecule has 1 rings (SSSR count). The molecule has 0 radical (unpaired) electrons. The smallest absolute Gasteiger partial charge is 0.298 e. The first kappa shape index (κ1) is 13.5. The van der Waals surface area contributed by atoms with Gasteiger partial charge in [0.05, 0.1) is 0 Å². The number of aromatic hydroxyl groups is 3. The van der Waals surface area contributed by atoms with Crippen LogP contribution in [-0.2, 0) is 20.2 Å². The van der Waals surface area contributed by atoms with Crippen LogP contribution in [0.2, 0.25) is 0 Å². The molecular formula is C6H6O9S2. The van der Waals surface area contributed by atoms with Gasteiger partial charge in [-0.05, 0) is 6.07 Å². The molecule has 0 aliphatic carbocycles. The van der Waals surface area contributed by atoms with Gasteiger partial charge >= 0.3 is 0 Å². The van der Waals surface area contributed by atoms with Gasteiger partial charge in [0.25, 0.3) is 20.2 Å². The molecule has 0 aliphatic heterocycles. The van der Waals surface area contributed by atoms with E-state index in [0.29, 0.717) is 0 Å². The fourth-order valence-corrected chi connectivity index (χ4v) is 2.28. The van der Waals surface area contributed by atoms with Gasteiger partial charge < -0.3 is 15.3 Å². The molecule has 0 unspecified atom stereocenters. The second-order valence-corrected chi connectivity index (χ2v) is 5.65.